The molecule has 0 saturated carbocycles. The van der Waals surface area contributed by atoms with Crippen molar-refractivity contribution >= 4 is 14.1 Å². The van der Waals surface area contributed by atoms with Gasteiger partial charge in [-0.3, -0.25) is 4.79 Å². The molecule has 0 aliphatic rings. The molecule has 0 spiro atoms. The third-order valence-corrected chi connectivity index (χ3v) is 9.81. The van der Waals surface area contributed by atoms with Crippen LogP contribution in [-0.2, 0) is 20.6 Å². The Balaban J connectivity index is 2.86. The SMILES string of the molecule is C=C[C@H](C[C@H](O[Si](C)(C)C(C)(C)C)C(=O)CN(C)O)OCc1ccc(OC)cc1. The van der Waals surface area contributed by atoms with E-state index in [2.05, 4.69) is 40.4 Å². The number of Topliss-reactive ketones (excluding diaryl/α,β-unsaturated/α-hetero) is 1. The Bertz CT molecular complexity index is 652. The summed E-state index contributed by atoms with van der Waals surface area (Å²) in [6.45, 7) is 14.8. The van der Waals surface area contributed by atoms with Gasteiger partial charge in [0.05, 0.1) is 26.4 Å². The highest BCUT2D eigenvalue weighted by molar-refractivity contribution is 6.74. The van der Waals surface area contributed by atoms with Gasteiger partial charge in [-0.05, 0) is 35.8 Å². The van der Waals surface area contributed by atoms with E-state index < -0.39 is 14.4 Å². The number of hydrogen-bond donors (Lipinski definition) is 1. The summed E-state index contributed by atoms with van der Waals surface area (Å²) < 4.78 is 17.5. The molecule has 2 atom stereocenters. The van der Waals surface area contributed by atoms with Gasteiger partial charge in [0.15, 0.2) is 14.1 Å². The molecule has 164 valence electrons. The van der Waals surface area contributed by atoms with Crippen molar-refractivity contribution in [3.05, 3.63) is 42.5 Å². The number of carbonyl (C=O) groups excluding carboxylic acids is 1. The zero-order valence-corrected chi connectivity index (χ0v) is 19.9. The smallest absolute Gasteiger partial charge is 0.193 e. The number of ether oxygens (including phenoxy) is 2. The quantitative estimate of drug-likeness (QED) is 0.305. The Labute approximate surface area is 176 Å². The zero-order chi connectivity index (χ0) is 22.2. The number of rotatable bonds is 12. The van der Waals surface area contributed by atoms with Crippen LogP contribution in [0.15, 0.2) is 36.9 Å². The first kappa shape index (κ1) is 25.5. The molecular weight excluding hydrogens is 386 g/mol. The van der Waals surface area contributed by atoms with Crippen LogP contribution in [0.2, 0.25) is 18.1 Å². The highest BCUT2D eigenvalue weighted by atomic mass is 28.4. The van der Waals surface area contributed by atoms with Crippen molar-refractivity contribution in [2.45, 2.75) is 64.1 Å². The molecule has 1 aromatic rings. The lowest BCUT2D eigenvalue weighted by Crippen LogP contribution is -2.48. The molecule has 0 radical (unpaired) electrons. The van der Waals surface area contributed by atoms with Crippen LogP contribution in [0.25, 0.3) is 0 Å². The van der Waals surface area contributed by atoms with Crippen LogP contribution in [0.1, 0.15) is 32.8 Å². The van der Waals surface area contributed by atoms with Gasteiger partial charge >= 0.3 is 0 Å². The second-order valence-corrected chi connectivity index (χ2v) is 13.6. The molecule has 7 heteroatoms. The van der Waals surface area contributed by atoms with Crippen LogP contribution in [0.4, 0.5) is 0 Å². The van der Waals surface area contributed by atoms with Gasteiger partial charge in [0.25, 0.3) is 0 Å². The third-order valence-electron chi connectivity index (χ3n) is 5.32. The van der Waals surface area contributed by atoms with Crippen molar-refractivity contribution in [1.29, 1.82) is 0 Å². The number of ketones is 1. The van der Waals surface area contributed by atoms with Gasteiger partial charge in [-0.25, -0.2) is 0 Å². The predicted molar refractivity (Wildman–Crippen MR) is 118 cm³/mol. The lowest BCUT2D eigenvalue weighted by molar-refractivity contribution is -0.139. The van der Waals surface area contributed by atoms with Crippen LogP contribution >= 0.6 is 0 Å². The molecule has 0 aliphatic carbocycles. The maximum Gasteiger partial charge on any atom is 0.193 e. The van der Waals surface area contributed by atoms with E-state index in [1.165, 1.54) is 7.05 Å². The summed E-state index contributed by atoms with van der Waals surface area (Å²) in [6, 6.07) is 7.64. The average Bonchev–Trinajstić information content (AvgIpc) is 2.62. The van der Waals surface area contributed by atoms with E-state index in [4.69, 9.17) is 13.9 Å². The van der Waals surface area contributed by atoms with Crippen LogP contribution in [0.5, 0.6) is 5.75 Å². The number of carbonyl (C=O) groups is 1. The predicted octanol–water partition coefficient (Wildman–Crippen LogP) is 4.44. The number of nitrogens with zero attached hydrogens (tertiary/aromatic N) is 1. The molecule has 1 rings (SSSR count). The van der Waals surface area contributed by atoms with Crippen LogP contribution in [0.3, 0.4) is 0 Å². The van der Waals surface area contributed by atoms with Crippen molar-refractivity contribution in [1.82, 2.24) is 5.06 Å². The van der Waals surface area contributed by atoms with Crippen LogP contribution in [-0.4, -0.2) is 57.3 Å². The molecule has 6 nitrogen and oxygen atoms in total. The first-order valence-corrected chi connectivity index (χ1v) is 12.8. The Morgan fingerprint density at radius 1 is 1.28 bits per heavy atom. The molecule has 0 fully saturated rings. The van der Waals surface area contributed by atoms with Crippen molar-refractivity contribution in [2.24, 2.45) is 0 Å². The molecule has 1 aromatic carbocycles. The Morgan fingerprint density at radius 2 is 1.86 bits per heavy atom. The van der Waals surface area contributed by atoms with Gasteiger partial charge in [-0.2, -0.15) is 5.06 Å². The summed E-state index contributed by atoms with van der Waals surface area (Å²) in [5, 5.41) is 10.4. The molecule has 0 amide bonds. The Morgan fingerprint density at radius 3 is 2.31 bits per heavy atom. The Kier molecular flexibility index (Phi) is 9.71. The highest BCUT2D eigenvalue weighted by Crippen LogP contribution is 2.38. The highest BCUT2D eigenvalue weighted by Gasteiger charge is 2.41. The van der Waals surface area contributed by atoms with Gasteiger partial charge in [0, 0.05) is 13.5 Å². The monoisotopic (exact) mass is 423 g/mol. The Hall–Kier alpha value is -1.51. The molecule has 1 N–H and O–H groups in total. The zero-order valence-electron chi connectivity index (χ0n) is 18.9. The molecule has 0 aliphatic heterocycles. The third kappa shape index (κ3) is 8.40. The first-order valence-electron chi connectivity index (χ1n) is 9.87. The van der Waals surface area contributed by atoms with Gasteiger partial charge < -0.3 is 19.1 Å². The number of benzene rings is 1. The minimum Gasteiger partial charge on any atom is -0.497 e. The minimum absolute atomic E-state index is 0.0374. The average molecular weight is 424 g/mol. The summed E-state index contributed by atoms with van der Waals surface area (Å²) in [6.07, 6.45) is 1.05. The standard InChI is InChI=1S/C22H37NO5Si/c1-9-18(27-16-17-10-12-19(26-6)13-11-17)14-21(20(24)15-23(5)25)28-29(7,8)22(2,3)4/h9-13,18,21,25H,1,14-16H2,2-8H3/t18-,21+/m1/s1. The van der Waals surface area contributed by atoms with E-state index in [0.29, 0.717) is 13.0 Å². The molecule has 0 aromatic heterocycles. The lowest BCUT2D eigenvalue weighted by Gasteiger charge is -2.39. The normalized spacial score (nSPS) is 14.5. The summed E-state index contributed by atoms with van der Waals surface area (Å²) in [5.74, 6) is 0.621. The largest absolute Gasteiger partial charge is 0.497 e. The molecular formula is C22H37NO5Si. The van der Waals surface area contributed by atoms with Crippen molar-refractivity contribution in [3.63, 3.8) is 0 Å². The van der Waals surface area contributed by atoms with E-state index in [0.717, 1.165) is 16.4 Å². The molecule has 29 heavy (non-hydrogen) atoms. The van der Waals surface area contributed by atoms with E-state index in [1.807, 2.05) is 24.3 Å². The van der Waals surface area contributed by atoms with Crippen LogP contribution < -0.4 is 4.74 Å². The number of hydroxylamine groups is 2. The van der Waals surface area contributed by atoms with Crippen molar-refractivity contribution in [2.75, 3.05) is 20.7 Å². The van der Waals surface area contributed by atoms with Gasteiger partial charge in [0.2, 0.25) is 0 Å². The van der Waals surface area contributed by atoms with Crippen molar-refractivity contribution < 1.29 is 23.9 Å². The summed E-state index contributed by atoms with van der Waals surface area (Å²) in [5.41, 5.74) is 1.00. The fraction of sp³-hybridized carbons (Fsp3) is 0.591. The first-order chi connectivity index (χ1) is 13.4. The number of likely N-dealkylation sites (N-methyl/N-ethyl adjacent to an activating group) is 1. The van der Waals surface area contributed by atoms with Gasteiger partial charge in [-0.15, -0.1) is 6.58 Å². The van der Waals surface area contributed by atoms with E-state index in [1.54, 1.807) is 13.2 Å². The minimum atomic E-state index is -2.18. The van der Waals surface area contributed by atoms with E-state index >= 15 is 0 Å². The molecule has 0 saturated heterocycles. The fourth-order valence-corrected chi connectivity index (χ4v) is 3.77. The lowest BCUT2D eigenvalue weighted by atomic mass is 10.1. The molecule has 0 heterocycles. The topological polar surface area (TPSA) is 68.2 Å². The fourth-order valence-electron chi connectivity index (χ4n) is 2.47. The summed E-state index contributed by atoms with van der Waals surface area (Å²) in [7, 11) is 0.895. The van der Waals surface area contributed by atoms with Gasteiger partial charge in [-0.1, -0.05) is 39.0 Å². The molecule has 0 bridgehead atoms. The maximum absolute atomic E-state index is 12.7. The van der Waals surface area contributed by atoms with E-state index in [-0.39, 0.29) is 23.5 Å². The van der Waals surface area contributed by atoms with Crippen molar-refractivity contribution in [3.8, 4) is 5.75 Å². The van der Waals surface area contributed by atoms with Crippen LogP contribution in [0, 0.1) is 0 Å². The van der Waals surface area contributed by atoms with Gasteiger partial charge in [0.1, 0.15) is 11.9 Å². The molecule has 0 unspecified atom stereocenters. The number of hydrogen-bond acceptors (Lipinski definition) is 6. The maximum atomic E-state index is 12.7. The second-order valence-electron chi connectivity index (χ2n) is 8.82. The second kappa shape index (κ2) is 11.0. The summed E-state index contributed by atoms with van der Waals surface area (Å²) >= 11 is 0. The number of methoxy groups -OCH3 is 1. The summed E-state index contributed by atoms with van der Waals surface area (Å²) in [4.78, 5) is 12.7. The van der Waals surface area contributed by atoms with E-state index in [9.17, 15) is 10.0 Å².